The van der Waals surface area contributed by atoms with Gasteiger partial charge in [0.05, 0.1) is 24.6 Å². The van der Waals surface area contributed by atoms with Crippen molar-refractivity contribution in [1.82, 2.24) is 9.69 Å². The number of esters is 1. The van der Waals surface area contributed by atoms with E-state index in [0.29, 0.717) is 23.9 Å². The molecule has 0 aliphatic heterocycles. The smallest absolute Gasteiger partial charge is 0.325 e. The zero-order chi connectivity index (χ0) is 27.8. The molecule has 1 atom stereocenters. The van der Waals surface area contributed by atoms with Crippen LogP contribution in [0.15, 0.2) is 48.5 Å². The van der Waals surface area contributed by atoms with E-state index < -0.39 is 42.1 Å². The summed E-state index contributed by atoms with van der Waals surface area (Å²) in [5.74, 6) is -3.69. The first-order valence-corrected chi connectivity index (χ1v) is 12.3. The maximum absolute atomic E-state index is 15.1. The molecular formula is C25H26FN5O6S. The first-order chi connectivity index (χ1) is 18.2. The number of halogens is 1. The van der Waals surface area contributed by atoms with Crippen LogP contribution in [-0.4, -0.2) is 47.8 Å². The van der Waals surface area contributed by atoms with Crippen LogP contribution in [0.2, 0.25) is 0 Å². The molecule has 38 heavy (non-hydrogen) atoms. The lowest BCUT2D eigenvalue weighted by atomic mass is 10.0. The van der Waals surface area contributed by atoms with Gasteiger partial charge in [0.15, 0.2) is 5.69 Å². The Kier molecular flexibility index (Phi) is 9.33. The second-order valence-electron chi connectivity index (χ2n) is 7.69. The molecule has 0 bridgehead atoms. The van der Waals surface area contributed by atoms with Crippen LogP contribution in [0.3, 0.4) is 0 Å². The number of rotatable bonds is 11. The highest BCUT2D eigenvalue weighted by Crippen LogP contribution is 2.35. The molecule has 0 saturated heterocycles. The number of primary amides is 1. The molecule has 3 aromatic rings. The quantitative estimate of drug-likeness (QED) is 0.310. The van der Waals surface area contributed by atoms with Crippen molar-refractivity contribution in [1.29, 1.82) is 0 Å². The molecule has 11 nitrogen and oxygen atoms in total. The lowest BCUT2D eigenvalue weighted by Crippen LogP contribution is -2.45. The first kappa shape index (κ1) is 28.1. The number of amides is 3. The van der Waals surface area contributed by atoms with Crippen LogP contribution in [0.25, 0.3) is 0 Å². The van der Waals surface area contributed by atoms with E-state index >= 15 is 4.39 Å². The fourth-order valence-corrected chi connectivity index (χ4v) is 4.29. The molecule has 13 heteroatoms. The van der Waals surface area contributed by atoms with Crippen molar-refractivity contribution in [2.45, 2.75) is 19.9 Å². The van der Waals surface area contributed by atoms with E-state index in [1.54, 1.807) is 26.0 Å². The molecule has 0 unspecified atom stereocenters. The number of hydrogen-bond donors (Lipinski definition) is 3. The number of benzene rings is 2. The van der Waals surface area contributed by atoms with E-state index in [9.17, 15) is 19.2 Å². The second kappa shape index (κ2) is 12.6. The number of para-hydroxylation sites is 1. The number of nitrogens with zero attached hydrogens (tertiary/aromatic N) is 2. The van der Waals surface area contributed by atoms with Gasteiger partial charge in [0.25, 0.3) is 11.8 Å². The third-order valence-electron chi connectivity index (χ3n) is 5.21. The Morgan fingerprint density at radius 2 is 1.76 bits per heavy atom. The summed E-state index contributed by atoms with van der Waals surface area (Å²) in [4.78, 5) is 51.7. The lowest BCUT2D eigenvalue weighted by Gasteiger charge is -2.31. The number of carbonyl (C=O) groups is 4. The van der Waals surface area contributed by atoms with Crippen LogP contribution in [0, 0.1) is 5.82 Å². The molecule has 3 amide bonds. The molecule has 1 heterocycles. The van der Waals surface area contributed by atoms with Crippen LogP contribution in [0.5, 0.6) is 5.75 Å². The van der Waals surface area contributed by atoms with E-state index in [-0.39, 0.29) is 34.1 Å². The summed E-state index contributed by atoms with van der Waals surface area (Å²) in [5.41, 5.74) is 10.7. The molecule has 2 aromatic carbocycles. The average Bonchev–Trinajstić information content (AvgIpc) is 3.28. The van der Waals surface area contributed by atoms with E-state index in [2.05, 4.69) is 9.69 Å². The summed E-state index contributed by atoms with van der Waals surface area (Å²) in [5, 5.41) is 2.44. The Labute approximate surface area is 221 Å². The minimum atomic E-state index is -1.48. The van der Waals surface area contributed by atoms with E-state index in [4.69, 9.17) is 20.9 Å². The zero-order valence-electron chi connectivity index (χ0n) is 20.6. The molecule has 0 spiro atoms. The number of nitrogens with one attached hydrogen (secondary N) is 1. The molecule has 0 saturated carbocycles. The van der Waals surface area contributed by atoms with E-state index in [1.165, 1.54) is 30.3 Å². The van der Waals surface area contributed by atoms with Crippen LogP contribution in [-0.2, 0) is 14.3 Å². The predicted octanol–water partition coefficient (Wildman–Crippen LogP) is 2.43. The number of hydrogen-bond acceptors (Lipinski definition) is 9. The Balaban J connectivity index is 2.17. The van der Waals surface area contributed by atoms with Crippen molar-refractivity contribution < 1.29 is 33.0 Å². The summed E-state index contributed by atoms with van der Waals surface area (Å²) in [6, 6.07) is 10.1. The standard InChI is InChI=1S/C25H26FN5O6S/c1-3-36-15-11-9-14(10-12-15)21(24(34)29-13-18(32)37-4-2)31(17-8-6-5-7-16(17)26)25(35)22-19(27)20(23(28)33)30-38-22/h5-12,21H,3-4,13,27H2,1-2H3,(H2,28,33)(H,29,34)/t21-/m0/s1. The van der Waals surface area contributed by atoms with Gasteiger partial charge in [-0.3, -0.25) is 24.1 Å². The molecule has 3 rings (SSSR count). The normalized spacial score (nSPS) is 11.3. The van der Waals surface area contributed by atoms with Crippen LogP contribution in [0.4, 0.5) is 15.8 Å². The number of carbonyl (C=O) groups excluding carboxylic acids is 4. The summed E-state index contributed by atoms with van der Waals surface area (Å²) in [7, 11) is 0. The van der Waals surface area contributed by atoms with Gasteiger partial charge in [0.2, 0.25) is 5.91 Å². The van der Waals surface area contributed by atoms with Crippen molar-refractivity contribution in [2.24, 2.45) is 5.73 Å². The van der Waals surface area contributed by atoms with Crippen molar-refractivity contribution in [3.05, 3.63) is 70.5 Å². The summed E-state index contributed by atoms with van der Waals surface area (Å²) >= 11 is 0.584. The van der Waals surface area contributed by atoms with E-state index in [1.807, 2.05) is 0 Å². The highest BCUT2D eigenvalue weighted by atomic mass is 32.1. The lowest BCUT2D eigenvalue weighted by molar-refractivity contribution is -0.143. The molecule has 0 fully saturated rings. The van der Waals surface area contributed by atoms with Gasteiger partial charge in [-0.2, -0.15) is 4.37 Å². The first-order valence-electron chi connectivity index (χ1n) is 11.5. The molecule has 1 aromatic heterocycles. The number of ether oxygens (including phenoxy) is 2. The third-order valence-corrected chi connectivity index (χ3v) is 6.06. The second-order valence-corrected chi connectivity index (χ2v) is 8.47. The molecule has 0 aliphatic rings. The SMILES string of the molecule is CCOC(=O)CNC(=O)[C@H](c1ccc(OCC)cc1)N(C(=O)c1snc(C(N)=O)c1N)c1ccccc1F. The van der Waals surface area contributed by atoms with Gasteiger partial charge in [-0.1, -0.05) is 24.3 Å². The molecular weight excluding hydrogens is 517 g/mol. The Morgan fingerprint density at radius 3 is 2.34 bits per heavy atom. The maximum Gasteiger partial charge on any atom is 0.325 e. The fourth-order valence-electron chi connectivity index (χ4n) is 3.55. The molecule has 200 valence electrons. The summed E-state index contributed by atoms with van der Waals surface area (Å²) < 4.78 is 29.3. The Morgan fingerprint density at radius 1 is 1.08 bits per heavy atom. The Bertz CT molecular complexity index is 1330. The third kappa shape index (κ3) is 6.24. The molecule has 5 N–H and O–H groups in total. The molecule has 0 aliphatic carbocycles. The summed E-state index contributed by atoms with van der Waals surface area (Å²) in [6.45, 7) is 3.42. The fraction of sp³-hybridized carbons (Fsp3) is 0.240. The van der Waals surface area contributed by atoms with Crippen molar-refractivity contribution in [3.8, 4) is 5.75 Å². The number of anilines is 2. The van der Waals surface area contributed by atoms with E-state index in [0.717, 1.165) is 11.0 Å². The van der Waals surface area contributed by atoms with Gasteiger partial charge in [-0.15, -0.1) is 0 Å². The van der Waals surface area contributed by atoms with Crippen LogP contribution >= 0.6 is 11.5 Å². The topological polar surface area (TPSA) is 167 Å². The van der Waals surface area contributed by atoms with Gasteiger partial charge >= 0.3 is 5.97 Å². The highest BCUT2D eigenvalue weighted by molar-refractivity contribution is 7.09. The number of nitrogen functional groups attached to an aromatic ring is 1. The highest BCUT2D eigenvalue weighted by Gasteiger charge is 2.37. The minimum absolute atomic E-state index is 0.101. The van der Waals surface area contributed by atoms with Crippen molar-refractivity contribution in [3.63, 3.8) is 0 Å². The monoisotopic (exact) mass is 543 g/mol. The Hall–Kier alpha value is -4.52. The van der Waals surface area contributed by atoms with Gasteiger partial charge in [0, 0.05) is 0 Å². The maximum atomic E-state index is 15.1. The average molecular weight is 544 g/mol. The number of aromatic nitrogens is 1. The predicted molar refractivity (Wildman–Crippen MR) is 138 cm³/mol. The van der Waals surface area contributed by atoms with Crippen molar-refractivity contribution >= 4 is 46.6 Å². The van der Waals surface area contributed by atoms with Gasteiger partial charge < -0.3 is 26.3 Å². The molecule has 0 radical (unpaired) electrons. The zero-order valence-corrected chi connectivity index (χ0v) is 21.4. The van der Waals surface area contributed by atoms with Gasteiger partial charge in [0.1, 0.15) is 29.0 Å². The van der Waals surface area contributed by atoms with Crippen LogP contribution in [0.1, 0.15) is 45.6 Å². The minimum Gasteiger partial charge on any atom is -0.494 e. The summed E-state index contributed by atoms with van der Waals surface area (Å²) in [6.07, 6.45) is 0. The largest absolute Gasteiger partial charge is 0.494 e. The van der Waals surface area contributed by atoms with Gasteiger partial charge in [-0.25, -0.2) is 4.39 Å². The van der Waals surface area contributed by atoms with Crippen molar-refractivity contribution in [2.75, 3.05) is 30.4 Å². The number of nitrogens with two attached hydrogens (primary N) is 2. The van der Waals surface area contributed by atoms with Gasteiger partial charge in [-0.05, 0) is 55.2 Å². The van der Waals surface area contributed by atoms with Crippen LogP contribution < -0.4 is 26.4 Å².